The van der Waals surface area contributed by atoms with Crippen LogP contribution in [0.1, 0.15) is 19.8 Å². The third-order valence-corrected chi connectivity index (χ3v) is 7.97. The van der Waals surface area contributed by atoms with Gasteiger partial charge in [0.05, 0.1) is 41.5 Å². The highest BCUT2D eigenvalue weighted by Crippen LogP contribution is 2.41. The first-order chi connectivity index (χ1) is 18.4. The van der Waals surface area contributed by atoms with Crippen molar-refractivity contribution in [3.63, 3.8) is 0 Å². The molecule has 2 saturated heterocycles. The van der Waals surface area contributed by atoms with Crippen LogP contribution in [0.2, 0.25) is 5.02 Å². The van der Waals surface area contributed by atoms with Crippen LogP contribution in [0.4, 0.5) is 17.3 Å². The Hall–Kier alpha value is -3.87. The maximum atomic E-state index is 13.4. The van der Waals surface area contributed by atoms with E-state index in [1.54, 1.807) is 30.6 Å². The minimum atomic E-state index is -0.673. The van der Waals surface area contributed by atoms with Crippen LogP contribution in [0.5, 0.6) is 0 Å². The van der Waals surface area contributed by atoms with Crippen molar-refractivity contribution in [3.8, 4) is 5.69 Å². The quantitative estimate of drug-likeness (QED) is 0.353. The lowest BCUT2D eigenvalue weighted by atomic mass is 9.73. The zero-order chi connectivity index (χ0) is 26.4. The second kappa shape index (κ2) is 9.46. The molecule has 3 aromatic heterocycles. The molecule has 2 aliphatic rings. The number of hydrogen-bond donors (Lipinski definition) is 3. The van der Waals surface area contributed by atoms with Crippen molar-refractivity contribution in [3.05, 3.63) is 68.8 Å². The van der Waals surface area contributed by atoms with Gasteiger partial charge in [-0.2, -0.15) is 0 Å². The summed E-state index contributed by atoms with van der Waals surface area (Å²) in [7, 11) is 0. The molecule has 4 N–H and O–H groups in total. The first-order valence-corrected chi connectivity index (χ1v) is 12.7. The van der Waals surface area contributed by atoms with E-state index in [2.05, 4.69) is 35.1 Å². The smallest absolute Gasteiger partial charge is 0.334 e. The molecule has 38 heavy (non-hydrogen) atoms. The van der Waals surface area contributed by atoms with Crippen molar-refractivity contribution in [2.45, 2.75) is 31.9 Å². The summed E-state index contributed by atoms with van der Waals surface area (Å²) in [6, 6.07) is 4.97. The predicted octanol–water partition coefficient (Wildman–Crippen LogP) is 1.99. The Morgan fingerprint density at radius 1 is 1.18 bits per heavy atom. The molecule has 4 aromatic rings. The molecule has 0 radical (unpaired) electrons. The summed E-state index contributed by atoms with van der Waals surface area (Å²) in [5.74, 6) is 1.05. The van der Waals surface area contributed by atoms with Crippen molar-refractivity contribution >= 4 is 40.1 Å². The number of H-pyrrole nitrogens is 1. The van der Waals surface area contributed by atoms with E-state index in [0.29, 0.717) is 23.9 Å². The van der Waals surface area contributed by atoms with Crippen LogP contribution in [0.25, 0.3) is 16.9 Å². The number of piperidine rings is 1. The van der Waals surface area contributed by atoms with E-state index in [4.69, 9.17) is 22.1 Å². The lowest BCUT2D eigenvalue weighted by Gasteiger charge is -2.41. The molecule has 2 fully saturated rings. The Morgan fingerprint density at radius 2 is 2.00 bits per heavy atom. The lowest BCUT2D eigenvalue weighted by molar-refractivity contribution is 0.0974. The van der Waals surface area contributed by atoms with Crippen LogP contribution in [0.3, 0.4) is 0 Å². The number of rotatable bonds is 4. The monoisotopic (exact) mass is 535 g/mol. The summed E-state index contributed by atoms with van der Waals surface area (Å²) >= 11 is 6.60. The second-order valence-electron chi connectivity index (χ2n) is 9.74. The van der Waals surface area contributed by atoms with Gasteiger partial charge in [0, 0.05) is 36.9 Å². The largest absolute Gasteiger partial charge is 0.376 e. The highest BCUT2D eigenvalue weighted by atomic mass is 35.5. The molecule has 1 aromatic carbocycles. The van der Waals surface area contributed by atoms with Gasteiger partial charge in [-0.15, -0.1) is 0 Å². The summed E-state index contributed by atoms with van der Waals surface area (Å²) in [6.45, 7) is 4.14. The highest BCUT2D eigenvalue weighted by molar-refractivity contribution is 6.35. The molecule has 196 valence electrons. The number of nitrogens with one attached hydrogen (secondary N) is 2. The van der Waals surface area contributed by atoms with Crippen LogP contribution in [-0.4, -0.2) is 61.3 Å². The topological polar surface area (TPSA) is 157 Å². The molecule has 13 heteroatoms. The zero-order valence-corrected chi connectivity index (χ0v) is 21.4. The molecule has 6 rings (SSSR count). The van der Waals surface area contributed by atoms with Gasteiger partial charge in [0.1, 0.15) is 11.6 Å². The number of halogens is 1. The Labute approximate surface area is 221 Å². The molecule has 0 aliphatic carbocycles. The highest BCUT2D eigenvalue weighted by Gasteiger charge is 2.47. The van der Waals surface area contributed by atoms with E-state index in [1.165, 1.54) is 12.4 Å². The van der Waals surface area contributed by atoms with Crippen LogP contribution >= 0.6 is 11.6 Å². The van der Waals surface area contributed by atoms with Gasteiger partial charge >= 0.3 is 5.69 Å². The van der Waals surface area contributed by atoms with Crippen LogP contribution in [0, 0.1) is 5.41 Å². The standard InChI is InChI=1S/C25H26ClN9O3/c1-14-21(27)25(13-38-14)5-9-34(10-6-25)18-12-30-20-22(32-18)33-24(37)35(23(20)36)16-4-2-3-15(19(16)26)31-17-11-28-7-8-29-17/h2-4,7-8,11-12,14,21H,5-6,9-10,13,27H2,1H3,(H,29,31)(H,32,33,37)/t14-,21+/m0/s1. The Morgan fingerprint density at radius 3 is 2.71 bits per heavy atom. The zero-order valence-electron chi connectivity index (χ0n) is 20.6. The molecule has 0 amide bonds. The van der Waals surface area contributed by atoms with E-state index >= 15 is 0 Å². The van der Waals surface area contributed by atoms with Gasteiger partial charge in [-0.05, 0) is 31.9 Å². The summed E-state index contributed by atoms with van der Waals surface area (Å²) < 4.78 is 6.76. The Balaban J connectivity index is 1.31. The fraction of sp³-hybridized carbons (Fsp3) is 0.360. The molecular formula is C25H26ClN9O3. The molecule has 1 spiro atoms. The number of benzene rings is 1. The van der Waals surface area contributed by atoms with Gasteiger partial charge in [0.15, 0.2) is 11.2 Å². The third-order valence-electron chi connectivity index (χ3n) is 7.57. The molecule has 0 saturated carbocycles. The molecule has 2 atom stereocenters. The number of aromatic nitrogens is 6. The van der Waals surface area contributed by atoms with Crippen molar-refractivity contribution < 1.29 is 4.74 Å². The van der Waals surface area contributed by atoms with E-state index in [1.807, 2.05) is 6.92 Å². The summed E-state index contributed by atoms with van der Waals surface area (Å²) in [6.07, 6.45) is 7.96. The molecular weight excluding hydrogens is 510 g/mol. The molecule has 2 aliphatic heterocycles. The van der Waals surface area contributed by atoms with Crippen molar-refractivity contribution in [2.24, 2.45) is 11.1 Å². The first-order valence-electron chi connectivity index (χ1n) is 12.3. The minimum absolute atomic E-state index is 0.00306. The predicted molar refractivity (Wildman–Crippen MR) is 143 cm³/mol. The van der Waals surface area contributed by atoms with Crippen molar-refractivity contribution in [1.29, 1.82) is 0 Å². The third kappa shape index (κ3) is 4.10. The maximum absolute atomic E-state index is 13.4. The summed E-state index contributed by atoms with van der Waals surface area (Å²) in [5.41, 5.74) is 5.92. The van der Waals surface area contributed by atoms with Crippen LogP contribution < -0.4 is 27.2 Å². The average Bonchev–Trinajstić information content (AvgIpc) is 3.20. The van der Waals surface area contributed by atoms with Gasteiger partial charge in [-0.3, -0.25) is 14.8 Å². The summed E-state index contributed by atoms with van der Waals surface area (Å²) in [5, 5.41) is 3.21. The molecule has 5 heterocycles. The minimum Gasteiger partial charge on any atom is -0.376 e. The van der Waals surface area contributed by atoms with E-state index in [-0.39, 0.29) is 39.4 Å². The Kier molecular flexibility index (Phi) is 6.09. The normalized spacial score (nSPS) is 20.8. The number of anilines is 3. The number of hydrogen-bond acceptors (Lipinski definition) is 10. The first kappa shape index (κ1) is 24.5. The van der Waals surface area contributed by atoms with Crippen LogP contribution in [0.15, 0.2) is 52.6 Å². The number of nitrogens with two attached hydrogens (primary N) is 1. The Bertz CT molecular complexity index is 1620. The molecule has 12 nitrogen and oxygen atoms in total. The van der Waals surface area contributed by atoms with Crippen molar-refractivity contribution in [1.82, 2.24) is 29.5 Å². The van der Waals surface area contributed by atoms with Gasteiger partial charge in [-0.1, -0.05) is 17.7 Å². The van der Waals surface area contributed by atoms with Gasteiger partial charge < -0.3 is 20.7 Å². The van der Waals surface area contributed by atoms with Gasteiger partial charge in [0.2, 0.25) is 0 Å². The van der Waals surface area contributed by atoms with Gasteiger partial charge in [0.25, 0.3) is 5.56 Å². The number of ether oxygens (including phenoxy) is 1. The second-order valence-corrected chi connectivity index (χ2v) is 10.1. The van der Waals surface area contributed by atoms with E-state index in [0.717, 1.165) is 30.5 Å². The lowest BCUT2D eigenvalue weighted by Crippen LogP contribution is -2.50. The molecule has 0 unspecified atom stereocenters. The number of aromatic amines is 1. The van der Waals surface area contributed by atoms with E-state index in [9.17, 15) is 9.59 Å². The molecule has 0 bridgehead atoms. The fourth-order valence-electron chi connectivity index (χ4n) is 5.29. The number of nitrogens with zero attached hydrogens (tertiary/aromatic N) is 6. The SMILES string of the molecule is C[C@@H]1OCC2(CCN(c3cnc4c(=O)n(-c5cccc(Nc6cnccn6)c5Cl)c(=O)[nH]c4n3)CC2)[C@@H]1N. The fourth-order valence-corrected chi connectivity index (χ4v) is 5.55. The van der Waals surface area contributed by atoms with Crippen LogP contribution in [-0.2, 0) is 4.74 Å². The maximum Gasteiger partial charge on any atom is 0.334 e. The van der Waals surface area contributed by atoms with Gasteiger partial charge in [-0.25, -0.2) is 24.3 Å². The van der Waals surface area contributed by atoms with E-state index < -0.39 is 11.2 Å². The van der Waals surface area contributed by atoms with Crippen molar-refractivity contribution in [2.75, 3.05) is 29.9 Å². The summed E-state index contributed by atoms with van der Waals surface area (Å²) in [4.78, 5) is 48.4. The average molecular weight is 536 g/mol. The number of fused-ring (bicyclic) bond motifs is 1.